The predicted molar refractivity (Wildman–Crippen MR) is 153 cm³/mol. The molecule has 10 nitrogen and oxygen atoms in total. The lowest BCUT2D eigenvalue weighted by Gasteiger charge is -2.15. The largest absolute Gasteiger partial charge is 0.493 e. The number of anilines is 1. The van der Waals surface area contributed by atoms with Gasteiger partial charge in [0.15, 0.2) is 40.8 Å². The maximum absolute atomic E-state index is 13.0. The van der Waals surface area contributed by atoms with Crippen LogP contribution in [0.5, 0.6) is 28.7 Å². The van der Waals surface area contributed by atoms with E-state index in [2.05, 4.69) is 15.5 Å². The van der Waals surface area contributed by atoms with Gasteiger partial charge in [-0.1, -0.05) is 22.6 Å². The van der Waals surface area contributed by atoms with Gasteiger partial charge in [-0.25, -0.2) is 4.98 Å². The molecule has 1 unspecified atom stereocenters. The summed E-state index contributed by atoms with van der Waals surface area (Å²) in [6, 6.07) is 12.0. The number of oxime groups is 1. The average molecular weight is 618 g/mol. The summed E-state index contributed by atoms with van der Waals surface area (Å²) in [5.41, 5.74) is 1.46. The first-order valence-corrected chi connectivity index (χ1v) is 13.6. The Morgan fingerprint density at radius 3 is 2.33 bits per heavy atom. The van der Waals surface area contributed by atoms with Crippen molar-refractivity contribution in [3.05, 3.63) is 65.2 Å². The van der Waals surface area contributed by atoms with Crippen molar-refractivity contribution >= 4 is 38.3 Å². The second-order valence-electron chi connectivity index (χ2n) is 9.20. The predicted octanol–water partition coefficient (Wildman–Crippen LogP) is 6.23. The summed E-state index contributed by atoms with van der Waals surface area (Å²) < 4.78 is 66.9. The van der Waals surface area contributed by atoms with Crippen LogP contribution >= 0.6 is 11.3 Å². The van der Waals surface area contributed by atoms with E-state index in [1.807, 2.05) is 0 Å². The van der Waals surface area contributed by atoms with Gasteiger partial charge < -0.3 is 28.5 Å². The molecule has 43 heavy (non-hydrogen) atoms. The standard InChI is InChI=1S/C29H26F3N3O7S/c1-37-20-7-5-15(21-13-18(35-42-21)16-10-23(38-2)27(40-4)24(11-16)39-3)9-22(20)41-14-26(36)34-28-33-19-12-17(29(30,31)32)6-8-25(19)43-28/h5-12,21H,13-14H2,1-4H3,(H,33,34,36). The van der Waals surface area contributed by atoms with Crippen LogP contribution in [-0.2, 0) is 15.8 Å². The van der Waals surface area contributed by atoms with Crippen LogP contribution < -0.4 is 29.0 Å². The molecule has 226 valence electrons. The highest BCUT2D eigenvalue weighted by atomic mass is 32.1. The molecule has 0 spiro atoms. The zero-order valence-corrected chi connectivity index (χ0v) is 24.2. The van der Waals surface area contributed by atoms with Gasteiger partial charge >= 0.3 is 6.18 Å². The number of nitrogens with one attached hydrogen (secondary N) is 1. The number of nitrogens with zero attached hydrogens (tertiary/aromatic N) is 2. The molecule has 0 saturated carbocycles. The lowest BCUT2D eigenvalue weighted by Crippen LogP contribution is -2.20. The summed E-state index contributed by atoms with van der Waals surface area (Å²) in [7, 11) is 6.05. The van der Waals surface area contributed by atoms with E-state index in [1.54, 1.807) is 30.3 Å². The molecule has 1 aliphatic heterocycles. The van der Waals surface area contributed by atoms with Crippen molar-refractivity contribution in [3.63, 3.8) is 0 Å². The molecule has 1 amide bonds. The van der Waals surface area contributed by atoms with Gasteiger partial charge in [-0.05, 0) is 48.0 Å². The summed E-state index contributed by atoms with van der Waals surface area (Å²) >= 11 is 1.06. The fraction of sp³-hybridized carbons (Fsp3) is 0.276. The van der Waals surface area contributed by atoms with Crippen molar-refractivity contribution in [2.24, 2.45) is 5.16 Å². The van der Waals surface area contributed by atoms with E-state index in [4.69, 9.17) is 28.5 Å². The molecule has 1 aromatic heterocycles. The Balaban J connectivity index is 1.26. The minimum Gasteiger partial charge on any atom is -0.493 e. The summed E-state index contributed by atoms with van der Waals surface area (Å²) in [5, 5.41) is 6.98. The Hall–Kier alpha value is -4.72. The van der Waals surface area contributed by atoms with E-state index < -0.39 is 30.4 Å². The molecule has 1 N–H and O–H groups in total. The second-order valence-corrected chi connectivity index (χ2v) is 10.2. The highest BCUT2D eigenvalue weighted by molar-refractivity contribution is 7.22. The number of halogens is 3. The molecule has 2 heterocycles. The molecule has 1 aliphatic rings. The third-order valence-corrected chi connectivity index (χ3v) is 7.50. The van der Waals surface area contributed by atoms with Crippen molar-refractivity contribution < 1.29 is 46.5 Å². The first-order chi connectivity index (χ1) is 20.6. The Morgan fingerprint density at radius 2 is 1.67 bits per heavy atom. The number of hydrogen-bond donors (Lipinski definition) is 1. The normalized spacial score (nSPS) is 14.6. The highest BCUT2D eigenvalue weighted by Crippen LogP contribution is 2.41. The van der Waals surface area contributed by atoms with Crippen LogP contribution in [-0.4, -0.2) is 51.6 Å². The molecule has 0 aliphatic carbocycles. The Morgan fingerprint density at radius 1 is 0.953 bits per heavy atom. The molecular weight excluding hydrogens is 591 g/mol. The number of fused-ring (bicyclic) bond motifs is 1. The fourth-order valence-electron chi connectivity index (χ4n) is 4.44. The molecule has 0 bridgehead atoms. The van der Waals surface area contributed by atoms with Gasteiger partial charge in [0.1, 0.15) is 0 Å². The van der Waals surface area contributed by atoms with Crippen LogP contribution in [0.25, 0.3) is 10.2 Å². The Kier molecular flexibility index (Phi) is 8.48. The van der Waals surface area contributed by atoms with Gasteiger partial charge in [0.2, 0.25) is 5.75 Å². The zero-order chi connectivity index (χ0) is 30.7. The van der Waals surface area contributed by atoms with E-state index in [0.717, 1.165) is 34.6 Å². The number of methoxy groups -OCH3 is 4. The van der Waals surface area contributed by atoms with Gasteiger partial charge in [-0.2, -0.15) is 13.2 Å². The van der Waals surface area contributed by atoms with Crippen molar-refractivity contribution in [1.82, 2.24) is 4.98 Å². The number of thiazole rings is 1. The number of carbonyl (C=O) groups is 1. The molecule has 4 aromatic rings. The minimum absolute atomic E-state index is 0.134. The maximum Gasteiger partial charge on any atom is 0.416 e. The smallest absolute Gasteiger partial charge is 0.416 e. The number of alkyl halides is 3. The number of benzene rings is 3. The lowest BCUT2D eigenvalue weighted by molar-refractivity contribution is -0.137. The summed E-state index contributed by atoms with van der Waals surface area (Å²) in [4.78, 5) is 22.4. The summed E-state index contributed by atoms with van der Waals surface area (Å²) in [6.45, 7) is -0.401. The van der Waals surface area contributed by atoms with E-state index >= 15 is 0 Å². The highest BCUT2D eigenvalue weighted by Gasteiger charge is 2.31. The molecule has 3 aromatic carbocycles. The van der Waals surface area contributed by atoms with Crippen molar-refractivity contribution in [2.45, 2.75) is 18.7 Å². The molecule has 0 saturated heterocycles. The van der Waals surface area contributed by atoms with Crippen molar-refractivity contribution in [3.8, 4) is 28.7 Å². The SMILES string of the molecule is COc1ccc(C2CC(c3cc(OC)c(OC)c(OC)c3)=NO2)cc1OCC(=O)Nc1nc2cc(C(F)(F)F)ccc2s1. The topological polar surface area (TPSA) is 110 Å². The summed E-state index contributed by atoms with van der Waals surface area (Å²) in [6.07, 6.45) is -4.50. The molecule has 1 atom stereocenters. The zero-order valence-electron chi connectivity index (χ0n) is 23.4. The Bertz CT molecular complexity index is 1660. The minimum atomic E-state index is -4.49. The monoisotopic (exact) mass is 617 g/mol. The van der Waals surface area contributed by atoms with Crippen LogP contribution in [0, 0.1) is 0 Å². The lowest BCUT2D eigenvalue weighted by atomic mass is 9.99. The average Bonchev–Trinajstić information content (AvgIpc) is 3.65. The molecule has 5 rings (SSSR count). The summed E-state index contributed by atoms with van der Waals surface area (Å²) in [5.74, 6) is 1.56. The first kappa shape index (κ1) is 29.8. The van der Waals surface area contributed by atoms with Gasteiger partial charge in [0.05, 0.1) is 49.9 Å². The fourth-order valence-corrected chi connectivity index (χ4v) is 5.30. The van der Waals surface area contributed by atoms with Crippen LogP contribution in [0.1, 0.15) is 29.2 Å². The van der Waals surface area contributed by atoms with E-state index in [1.165, 1.54) is 34.5 Å². The Labute approximate surface area is 247 Å². The van der Waals surface area contributed by atoms with Crippen LogP contribution in [0.3, 0.4) is 0 Å². The van der Waals surface area contributed by atoms with E-state index in [-0.39, 0.29) is 10.6 Å². The van der Waals surface area contributed by atoms with Crippen LogP contribution in [0.15, 0.2) is 53.7 Å². The number of aromatic nitrogens is 1. The number of rotatable bonds is 10. The van der Waals surface area contributed by atoms with Crippen LogP contribution in [0.2, 0.25) is 0 Å². The van der Waals surface area contributed by atoms with Gasteiger partial charge in [-0.15, -0.1) is 0 Å². The van der Waals surface area contributed by atoms with E-state index in [9.17, 15) is 18.0 Å². The number of hydrogen-bond acceptors (Lipinski definition) is 10. The van der Waals surface area contributed by atoms with Crippen LogP contribution in [0.4, 0.5) is 18.3 Å². The van der Waals surface area contributed by atoms with Gasteiger partial charge in [-0.3, -0.25) is 10.1 Å². The van der Waals surface area contributed by atoms with E-state index in [0.29, 0.717) is 45.6 Å². The molecular formula is C29H26F3N3O7S. The first-order valence-electron chi connectivity index (χ1n) is 12.7. The molecule has 0 radical (unpaired) electrons. The van der Waals surface area contributed by atoms with Crippen molar-refractivity contribution in [2.75, 3.05) is 40.4 Å². The maximum atomic E-state index is 13.0. The third-order valence-electron chi connectivity index (χ3n) is 6.55. The second kappa shape index (κ2) is 12.3. The molecule has 14 heteroatoms. The molecule has 0 fully saturated rings. The third kappa shape index (κ3) is 6.38. The number of amides is 1. The van der Waals surface area contributed by atoms with Gasteiger partial charge in [0.25, 0.3) is 5.91 Å². The number of carbonyl (C=O) groups excluding carboxylic acids is 1. The quantitative estimate of drug-likeness (QED) is 0.223. The van der Waals surface area contributed by atoms with Crippen molar-refractivity contribution in [1.29, 1.82) is 0 Å². The van der Waals surface area contributed by atoms with Gasteiger partial charge in [0, 0.05) is 12.0 Å². The number of ether oxygens (including phenoxy) is 5.